The molecule has 0 amide bonds. The zero-order chi connectivity index (χ0) is 33.2. The summed E-state index contributed by atoms with van der Waals surface area (Å²) in [6.07, 6.45) is 1.32. The molecule has 3 aliphatic heterocycles. The molecule has 0 aliphatic carbocycles. The molecule has 0 saturated carbocycles. The third-order valence-corrected chi connectivity index (χ3v) is 10.2. The first-order chi connectivity index (χ1) is 21.9. The maximum absolute atomic E-state index is 12.3. The fraction of sp³-hybridized carbons (Fsp3) is 0.417. The number of methoxy groups -OCH3 is 2. The number of aromatic nitrogens is 5. The highest BCUT2D eigenvalue weighted by Crippen LogP contribution is 2.49. The molecule has 242 valence electrons. The number of rotatable bonds is 6. The lowest BCUT2D eigenvalue weighted by Gasteiger charge is -2.19. The van der Waals surface area contributed by atoms with Crippen molar-refractivity contribution in [3.05, 3.63) is 57.4 Å². The molecule has 8 bridgehead atoms. The zero-order valence-electron chi connectivity index (χ0n) is 28.0. The summed E-state index contributed by atoms with van der Waals surface area (Å²) in [7, 11) is 4.72. The molecule has 0 radical (unpaired) electrons. The second kappa shape index (κ2) is 11.7. The minimum atomic E-state index is -0.307. The summed E-state index contributed by atoms with van der Waals surface area (Å²) in [5, 5.41) is 23.4. The van der Waals surface area contributed by atoms with Crippen molar-refractivity contribution in [1.29, 1.82) is 0 Å². The summed E-state index contributed by atoms with van der Waals surface area (Å²) in [5.41, 5.74) is 12.2. The number of aryl methyl sites for hydroxylation is 4. The van der Waals surface area contributed by atoms with Crippen LogP contribution in [0.15, 0.2) is 18.2 Å². The number of esters is 1. The Morgan fingerprint density at radius 3 is 2.35 bits per heavy atom. The fourth-order valence-corrected chi connectivity index (χ4v) is 7.26. The van der Waals surface area contributed by atoms with Crippen LogP contribution in [0.1, 0.15) is 90.8 Å². The SMILES string of the molecule is CCc1c(C)c2cc3[nH]c(cc4nc(c5c6nc(cc1[nH]2)c(C)c-6c(O)n(C)c5O)[C@@H](CCC(=O)OC)[C@@H]4C)c(C)c3C(C)OC. The van der Waals surface area contributed by atoms with E-state index in [0.717, 1.165) is 56.4 Å². The van der Waals surface area contributed by atoms with Gasteiger partial charge in [0, 0.05) is 65.7 Å². The number of aromatic hydroxyl groups is 2. The number of H-pyrrole nitrogens is 2. The van der Waals surface area contributed by atoms with Gasteiger partial charge in [0.15, 0.2) is 0 Å². The molecule has 46 heavy (non-hydrogen) atoms. The van der Waals surface area contributed by atoms with Gasteiger partial charge in [0.2, 0.25) is 11.8 Å². The van der Waals surface area contributed by atoms with Gasteiger partial charge in [0.25, 0.3) is 0 Å². The first-order valence-electron chi connectivity index (χ1n) is 15.9. The molecule has 0 spiro atoms. The Morgan fingerprint density at radius 2 is 1.67 bits per heavy atom. The average Bonchev–Trinajstić information content (AvgIpc) is 3.71. The lowest BCUT2D eigenvalue weighted by molar-refractivity contribution is -0.140. The Hall–Kier alpha value is -4.57. The molecule has 0 fully saturated rings. The number of aromatic amines is 2. The van der Waals surface area contributed by atoms with Crippen molar-refractivity contribution in [3.8, 4) is 23.0 Å². The van der Waals surface area contributed by atoms with E-state index in [1.54, 1.807) is 14.2 Å². The lowest BCUT2D eigenvalue weighted by atomic mass is 9.85. The van der Waals surface area contributed by atoms with Gasteiger partial charge in [-0.1, -0.05) is 13.8 Å². The highest BCUT2D eigenvalue weighted by atomic mass is 16.5. The third kappa shape index (κ3) is 4.78. The predicted octanol–water partition coefficient (Wildman–Crippen LogP) is 7.48. The van der Waals surface area contributed by atoms with Crippen LogP contribution in [0.3, 0.4) is 0 Å². The Kier molecular flexibility index (Phi) is 7.96. The summed E-state index contributed by atoms with van der Waals surface area (Å²) in [5.74, 6) is -0.833. The maximum atomic E-state index is 12.3. The van der Waals surface area contributed by atoms with E-state index in [1.165, 1.54) is 17.2 Å². The van der Waals surface area contributed by atoms with Crippen molar-refractivity contribution in [2.75, 3.05) is 14.2 Å². The third-order valence-electron chi connectivity index (χ3n) is 10.2. The second-order valence-electron chi connectivity index (χ2n) is 12.6. The van der Waals surface area contributed by atoms with Crippen LogP contribution in [0.2, 0.25) is 0 Å². The number of nitrogens with one attached hydrogen (secondary N) is 2. The van der Waals surface area contributed by atoms with E-state index in [2.05, 4.69) is 49.8 Å². The first-order valence-corrected chi connectivity index (χ1v) is 15.9. The highest BCUT2D eigenvalue weighted by Gasteiger charge is 2.35. The van der Waals surface area contributed by atoms with Gasteiger partial charge in [-0.25, -0.2) is 4.98 Å². The van der Waals surface area contributed by atoms with E-state index >= 15 is 0 Å². The van der Waals surface area contributed by atoms with Crippen molar-refractivity contribution in [3.63, 3.8) is 0 Å². The smallest absolute Gasteiger partial charge is 0.305 e. The molecule has 10 nitrogen and oxygen atoms in total. The molecule has 3 atom stereocenters. The molecule has 6 heterocycles. The monoisotopic (exact) mass is 625 g/mol. The Bertz CT molecular complexity index is 2100. The molecule has 3 aliphatic rings. The second-order valence-corrected chi connectivity index (χ2v) is 12.6. The average molecular weight is 626 g/mol. The molecular formula is C36H43N5O5. The van der Waals surface area contributed by atoms with Crippen LogP contribution in [0, 0.1) is 20.8 Å². The summed E-state index contributed by atoms with van der Waals surface area (Å²) in [6.45, 7) is 12.4. The van der Waals surface area contributed by atoms with Gasteiger partial charge in [-0.3, -0.25) is 14.3 Å². The van der Waals surface area contributed by atoms with Gasteiger partial charge in [-0.2, -0.15) is 0 Å². The molecule has 0 saturated heterocycles. The van der Waals surface area contributed by atoms with Crippen LogP contribution >= 0.6 is 0 Å². The van der Waals surface area contributed by atoms with E-state index < -0.39 is 0 Å². The summed E-state index contributed by atoms with van der Waals surface area (Å²) in [6, 6.07) is 6.23. The molecule has 0 aromatic carbocycles. The number of carbonyl (C=O) groups is 1. The number of carbonyl (C=O) groups excluding carboxylic acids is 1. The van der Waals surface area contributed by atoms with Crippen LogP contribution in [-0.2, 0) is 27.7 Å². The van der Waals surface area contributed by atoms with E-state index in [0.29, 0.717) is 34.3 Å². The molecule has 1 unspecified atom stereocenters. The van der Waals surface area contributed by atoms with Gasteiger partial charge in [-0.05, 0) is 81.0 Å². The van der Waals surface area contributed by atoms with Gasteiger partial charge in [0.05, 0.1) is 41.1 Å². The number of nitrogens with zero attached hydrogens (tertiary/aromatic N) is 3. The number of ether oxygens (including phenoxy) is 2. The molecule has 6 rings (SSSR count). The summed E-state index contributed by atoms with van der Waals surface area (Å²) in [4.78, 5) is 29.9. The van der Waals surface area contributed by atoms with E-state index in [9.17, 15) is 15.0 Å². The van der Waals surface area contributed by atoms with Gasteiger partial charge < -0.3 is 29.7 Å². The Morgan fingerprint density at radius 1 is 0.978 bits per heavy atom. The molecular weight excluding hydrogens is 582 g/mol. The van der Waals surface area contributed by atoms with Crippen LogP contribution < -0.4 is 0 Å². The Labute approximate surface area is 268 Å². The summed E-state index contributed by atoms with van der Waals surface area (Å²) < 4.78 is 12.2. The number of pyridine rings is 1. The van der Waals surface area contributed by atoms with Gasteiger partial charge in [-0.15, -0.1) is 0 Å². The quantitative estimate of drug-likeness (QED) is 0.144. The standard InChI is InChI=1S/C36H43N5O5/c1-10-21-16(2)23-15-28-30(20(6)45-8)18(4)25(38-28)13-24-17(3)22(11-12-29(42)46-9)33(39-24)32-34-31(35(43)41(7)36(32)44)19(5)26(40-34)14-27(21)37-23/h13-15,17,20,22,37-38,43-44H,10-12H2,1-9H3/t17-,20?,22-/m0/s1. The molecule has 3 aromatic heterocycles. The largest absolute Gasteiger partial charge is 0.494 e. The van der Waals surface area contributed by atoms with Gasteiger partial charge in [0.1, 0.15) is 0 Å². The van der Waals surface area contributed by atoms with E-state index in [1.807, 2.05) is 19.9 Å². The van der Waals surface area contributed by atoms with Crippen molar-refractivity contribution >= 4 is 38.9 Å². The lowest BCUT2D eigenvalue weighted by Crippen LogP contribution is -2.08. The minimum Gasteiger partial charge on any atom is -0.494 e. The van der Waals surface area contributed by atoms with Crippen molar-refractivity contribution in [1.82, 2.24) is 24.5 Å². The number of fused-ring (bicyclic) bond motifs is 8. The van der Waals surface area contributed by atoms with Crippen molar-refractivity contribution in [2.24, 2.45) is 7.05 Å². The zero-order valence-corrected chi connectivity index (χ0v) is 28.0. The van der Waals surface area contributed by atoms with Crippen molar-refractivity contribution in [2.45, 2.75) is 78.7 Å². The van der Waals surface area contributed by atoms with Crippen LogP contribution in [-0.4, -0.2) is 54.9 Å². The Balaban J connectivity index is 1.85. The summed E-state index contributed by atoms with van der Waals surface area (Å²) >= 11 is 0. The highest BCUT2D eigenvalue weighted by molar-refractivity contribution is 5.96. The van der Waals surface area contributed by atoms with Gasteiger partial charge >= 0.3 is 5.97 Å². The number of hydrogen-bond acceptors (Lipinski definition) is 7. The van der Waals surface area contributed by atoms with E-state index in [-0.39, 0.29) is 42.1 Å². The molecule has 4 N–H and O–H groups in total. The number of hydrogen-bond donors (Lipinski definition) is 4. The van der Waals surface area contributed by atoms with E-state index in [4.69, 9.17) is 19.4 Å². The van der Waals surface area contributed by atoms with Crippen LogP contribution in [0.4, 0.5) is 0 Å². The first kappa shape index (κ1) is 31.4. The van der Waals surface area contributed by atoms with Crippen LogP contribution in [0.5, 0.6) is 11.8 Å². The predicted molar refractivity (Wildman–Crippen MR) is 180 cm³/mol. The normalized spacial score (nSPS) is 16.5. The minimum absolute atomic E-state index is 0.0752. The molecule has 3 aromatic rings. The van der Waals surface area contributed by atoms with Crippen molar-refractivity contribution < 1.29 is 24.5 Å². The fourth-order valence-electron chi connectivity index (χ4n) is 7.26. The van der Waals surface area contributed by atoms with Crippen LogP contribution in [0.25, 0.3) is 44.2 Å². The topological polar surface area (TPSA) is 138 Å². The molecule has 10 heteroatoms. The maximum Gasteiger partial charge on any atom is 0.305 e.